The Hall–Kier alpha value is -1.88. The van der Waals surface area contributed by atoms with Crippen molar-refractivity contribution >= 4 is 27.4 Å². The number of fused-ring (bicyclic) bond motifs is 1. The van der Waals surface area contributed by atoms with E-state index in [0.717, 1.165) is 46.8 Å². The second kappa shape index (κ2) is 5.25. The lowest BCUT2D eigenvalue weighted by Gasteiger charge is -2.06. The Labute approximate surface area is 122 Å². The molecule has 5 heteroatoms. The molecule has 0 aliphatic carbocycles. The molecule has 3 rings (SSSR count). The lowest BCUT2D eigenvalue weighted by Crippen LogP contribution is -2.00. The number of hydrogen-bond donors (Lipinski definition) is 1. The van der Waals surface area contributed by atoms with Gasteiger partial charge in [-0.05, 0) is 25.0 Å². The average molecular weight is 286 g/mol. The summed E-state index contributed by atoms with van der Waals surface area (Å²) < 4.78 is 2.24. The first-order valence-corrected chi connectivity index (χ1v) is 7.75. The van der Waals surface area contributed by atoms with Crippen LogP contribution in [0.25, 0.3) is 22.4 Å². The molecule has 0 saturated carbocycles. The molecule has 0 spiro atoms. The maximum atomic E-state index is 6.19. The molecule has 0 aliphatic rings. The summed E-state index contributed by atoms with van der Waals surface area (Å²) >= 11 is 1.65. The molecule has 3 heterocycles. The number of aromatic nitrogens is 3. The summed E-state index contributed by atoms with van der Waals surface area (Å²) in [6.45, 7) is 5.26. The lowest BCUT2D eigenvalue weighted by atomic mass is 10.2. The van der Waals surface area contributed by atoms with Gasteiger partial charge in [-0.3, -0.25) is 4.98 Å². The second-order valence-corrected chi connectivity index (χ2v) is 5.96. The fourth-order valence-electron chi connectivity index (χ4n) is 2.44. The summed E-state index contributed by atoms with van der Waals surface area (Å²) in [5.74, 6) is 0.961. The molecule has 3 aromatic rings. The second-order valence-electron chi connectivity index (χ2n) is 4.80. The molecule has 0 unspecified atom stereocenters. The highest BCUT2D eigenvalue weighted by molar-refractivity contribution is 7.16. The molecule has 4 nitrogen and oxygen atoms in total. The Morgan fingerprint density at radius 2 is 2.20 bits per heavy atom. The smallest absolute Gasteiger partial charge is 0.144 e. The fraction of sp³-hybridized carbons (Fsp3) is 0.333. The van der Waals surface area contributed by atoms with E-state index in [1.54, 1.807) is 11.3 Å². The molecule has 0 atom stereocenters. The molecular weight excluding hydrogens is 268 g/mol. The number of hydrogen-bond acceptors (Lipinski definition) is 4. The summed E-state index contributed by atoms with van der Waals surface area (Å²) in [4.78, 5) is 10.2. The van der Waals surface area contributed by atoms with Crippen LogP contribution in [-0.4, -0.2) is 14.5 Å². The van der Waals surface area contributed by atoms with Gasteiger partial charge in [0.1, 0.15) is 11.3 Å². The van der Waals surface area contributed by atoms with Crippen molar-refractivity contribution in [3.05, 3.63) is 29.4 Å². The highest BCUT2D eigenvalue weighted by Gasteiger charge is 2.16. The average Bonchev–Trinajstić information content (AvgIpc) is 3.00. The van der Waals surface area contributed by atoms with Crippen molar-refractivity contribution in [2.24, 2.45) is 0 Å². The molecule has 20 heavy (non-hydrogen) atoms. The minimum atomic E-state index is 0.850. The van der Waals surface area contributed by atoms with Crippen molar-refractivity contribution in [3.8, 4) is 11.4 Å². The number of nitrogens with two attached hydrogens (primary N) is 1. The molecule has 0 amide bonds. The van der Waals surface area contributed by atoms with Crippen LogP contribution >= 0.6 is 11.3 Å². The number of pyridine rings is 1. The molecule has 0 aromatic carbocycles. The Morgan fingerprint density at radius 3 is 2.90 bits per heavy atom. The monoisotopic (exact) mass is 286 g/mol. The zero-order chi connectivity index (χ0) is 14.1. The van der Waals surface area contributed by atoms with E-state index in [9.17, 15) is 0 Å². The normalized spacial score (nSPS) is 11.3. The van der Waals surface area contributed by atoms with E-state index in [1.807, 2.05) is 18.5 Å². The SMILES string of the molecule is CCCn1c(-c2cc(CC)sc2N)nc2cnccc21. The van der Waals surface area contributed by atoms with Gasteiger partial charge in [0.25, 0.3) is 0 Å². The summed E-state index contributed by atoms with van der Waals surface area (Å²) in [6.07, 6.45) is 5.69. The summed E-state index contributed by atoms with van der Waals surface area (Å²) in [6, 6.07) is 4.19. The number of rotatable bonds is 4. The number of anilines is 1. The standard InChI is InChI=1S/C15H18N4S/c1-3-7-19-13-5-6-17-9-12(13)18-15(19)11-8-10(4-2)20-14(11)16/h5-6,8-9H,3-4,7,16H2,1-2H3. The van der Waals surface area contributed by atoms with Crippen LogP contribution in [0.2, 0.25) is 0 Å². The largest absolute Gasteiger partial charge is 0.390 e. The Morgan fingerprint density at radius 1 is 1.35 bits per heavy atom. The Kier molecular flexibility index (Phi) is 3.44. The fourth-order valence-corrected chi connectivity index (χ4v) is 3.31. The van der Waals surface area contributed by atoms with Gasteiger partial charge in [-0.15, -0.1) is 11.3 Å². The molecule has 0 aliphatic heterocycles. The van der Waals surface area contributed by atoms with Crippen molar-refractivity contribution in [2.75, 3.05) is 5.73 Å². The van der Waals surface area contributed by atoms with Crippen molar-refractivity contribution in [1.29, 1.82) is 0 Å². The molecule has 0 fully saturated rings. The van der Waals surface area contributed by atoms with Crippen LogP contribution in [0, 0.1) is 0 Å². The number of aryl methyl sites for hydroxylation is 2. The molecular formula is C15H18N4S. The third-order valence-electron chi connectivity index (χ3n) is 3.40. The molecule has 104 valence electrons. The predicted octanol–water partition coefficient (Wildman–Crippen LogP) is 3.71. The van der Waals surface area contributed by atoms with E-state index in [1.165, 1.54) is 4.88 Å². The maximum absolute atomic E-state index is 6.19. The van der Waals surface area contributed by atoms with E-state index in [4.69, 9.17) is 10.7 Å². The van der Waals surface area contributed by atoms with Gasteiger partial charge >= 0.3 is 0 Å². The van der Waals surface area contributed by atoms with Gasteiger partial charge in [-0.25, -0.2) is 4.98 Å². The van der Waals surface area contributed by atoms with Gasteiger partial charge in [0.2, 0.25) is 0 Å². The Balaban J connectivity index is 2.23. The van der Waals surface area contributed by atoms with Crippen molar-refractivity contribution in [3.63, 3.8) is 0 Å². The van der Waals surface area contributed by atoms with Gasteiger partial charge in [-0.2, -0.15) is 0 Å². The van der Waals surface area contributed by atoms with Crippen LogP contribution in [0.4, 0.5) is 5.00 Å². The summed E-state index contributed by atoms with van der Waals surface area (Å²) in [7, 11) is 0. The van der Waals surface area contributed by atoms with Crippen LogP contribution in [-0.2, 0) is 13.0 Å². The molecule has 0 bridgehead atoms. The summed E-state index contributed by atoms with van der Waals surface area (Å²) in [5, 5.41) is 0.850. The van der Waals surface area contributed by atoms with Gasteiger partial charge in [0.05, 0.1) is 22.3 Å². The number of nitrogen functional groups attached to an aromatic ring is 1. The lowest BCUT2D eigenvalue weighted by molar-refractivity contribution is 0.704. The van der Waals surface area contributed by atoms with Crippen molar-refractivity contribution < 1.29 is 0 Å². The van der Waals surface area contributed by atoms with Gasteiger partial charge in [0, 0.05) is 17.6 Å². The van der Waals surface area contributed by atoms with Gasteiger partial charge in [0.15, 0.2) is 0 Å². The number of imidazole rings is 1. The highest BCUT2D eigenvalue weighted by Crippen LogP contribution is 2.35. The van der Waals surface area contributed by atoms with E-state index in [2.05, 4.69) is 29.5 Å². The maximum Gasteiger partial charge on any atom is 0.144 e. The number of nitrogens with zero attached hydrogens (tertiary/aromatic N) is 3. The first-order chi connectivity index (χ1) is 9.74. The van der Waals surface area contributed by atoms with Crippen LogP contribution in [0.3, 0.4) is 0 Å². The quantitative estimate of drug-likeness (QED) is 0.795. The van der Waals surface area contributed by atoms with Gasteiger partial charge < -0.3 is 10.3 Å². The molecule has 0 radical (unpaired) electrons. The first kappa shape index (κ1) is 13.1. The third-order valence-corrected chi connectivity index (χ3v) is 4.51. The van der Waals surface area contributed by atoms with Crippen LogP contribution < -0.4 is 5.73 Å². The minimum Gasteiger partial charge on any atom is -0.390 e. The van der Waals surface area contributed by atoms with Crippen molar-refractivity contribution in [1.82, 2.24) is 14.5 Å². The van der Waals surface area contributed by atoms with E-state index < -0.39 is 0 Å². The first-order valence-electron chi connectivity index (χ1n) is 6.93. The van der Waals surface area contributed by atoms with Crippen molar-refractivity contribution in [2.45, 2.75) is 33.2 Å². The number of thiophene rings is 1. The zero-order valence-electron chi connectivity index (χ0n) is 11.8. The molecule has 2 N–H and O–H groups in total. The topological polar surface area (TPSA) is 56.7 Å². The van der Waals surface area contributed by atoms with Crippen LogP contribution in [0.15, 0.2) is 24.5 Å². The highest BCUT2D eigenvalue weighted by atomic mass is 32.1. The van der Waals surface area contributed by atoms with E-state index >= 15 is 0 Å². The molecule has 0 saturated heterocycles. The van der Waals surface area contributed by atoms with E-state index in [-0.39, 0.29) is 0 Å². The van der Waals surface area contributed by atoms with Crippen LogP contribution in [0.1, 0.15) is 25.1 Å². The Bertz CT molecular complexity index is 741. The predicted molar refractivity (Wildman–Crippen MR) is 84.9 cm³/mol. The zero-order valence-corrected chi connectivity index (χ0v) is 12.6. The summed E-state index contributed by atoms with van der Waals surface area (Å²) in [5.41, 5.74) is 9.29. The third kappa shape index (κ3) is 2.08. The molecule has 3 aromatic heterocycles. The van der Waals surface area contributed by atoms with Gasteiger partial charge in [-0.1, -0.05) is 13.8 Å². The minimum absolute atomic E-state index is 0.850. The van der Waals surface area contributed by atoms with Crippen LogP contribution in [0.5, 0.6) is 0 Å². The van der Waals surface area contributed by atoms with E-state index in [0.29, 0.717) is 0 Å².